The van der Waals surface area contributed by atoms with Gasteiger partial charge in [0.1, 0.15) is 4.90 Å². The van der Waals surface area contributed by atoms with Crippen LogP contribution in [0, 0.1) is 6.92 Å². The minimum Gasteiger partial charge on any atom is -0.320 e. The van der Waals surface area contributed by atoms with Crippen molar-refractivity contribution >= 4 is 44.8 Å². The van der Waals surface area contributed by atoms with Gasteiger partial charge in [0.25, 0.3) is 5.91 Å². The highest BCUT2D eigenvalue weighted by molar-refractivity contribution is 7.89. The normalized spacial score (nSPS) is 11.6. The van der Waals surface area contributed by atoms with Crippen LogP contribution in [-0.2, 0) is 10.0 Å². The molecule has 0 aliphatic carbocycles. The van der Waals surface area contributed by atoms with Gasteiger partial charge < -0.3 is 5.32 Å². The fourth-order valence-electron chi connectivity index (χ4n) is 3.22. The smallest absolute Gasteiger partial charge is 0.280 e. The Balaban J connectivity index is 1.97. The van der Waals surface area contributed by atoms with Crippen molar-refractivity contribution in [3.05, 3.63) is 80.2 Å². The zero-order valence-corrected chi connectivity index (χ0v) is 20.5. The number of sulfonamides is 1. The second-order valence-corrected chi connectivity index (χ2v) is 9.83. The molecule has 0 aliphatic heterocycles. The Labute approximate surface area is 201 Å². The molecule has 1 amide bonds. The number of carbonyl (C=O) groups excluding carboxylic acids is 1. The van der Waals surface area contributed by atoms with E-state index in [1.165, 1.54) is 33.3 Å². The van der Waals surface area contributed by atoms with Crippen LogP contribution < -0.4 is 10.7 Å². The van der Waals surface area contributed by atoms with E-state index >= 15 is 0 Å². The molecule has 0 bridgehead atoms. The SMILES string of the molecule is CCN(CC)S(=O)(=O)c1cc(NC(=O)c2nn(-c3ccc(Cl)cc3)c(C)cc2=O)ccc1Cl. The third-order valence-corrected chi connectivity index (χ3v) is 7.69. The van der Waals surface area contributed by atoms with Crippen molar-refractivity contribution in [2.24, 2.45) is 0 Å². The maximum absolute atomic E-state index is 12.9. The monoisotopic (exact) mass is 508 g/mol. The predicted octanol–water partition coefficient (Wildman–Crippen LogP) is 4.13. The number of nitrogens with one attached hydrogen (secondary N) is 1. The predicted molar refractivity (Wildman–Crippen MR) is 129 cm³/mol. The lowest BCUT2D eigenvalue weighted by atomic mass is 10.2. The summed E-state index contributed by atoms with van der Waals surface area (Å²) in [6, 6.07) is 12.1. The van der Waals surface area contributed by atoms with Gasteiger partial charge >= 0.3 is 0 Å². The molecule has 0 unspecified atom stereocenters. The molecule has 2 aromatic carbocycles. The van der Waals surface area contributed by atoms with Crippen molar-refractivity contribution in [1.82, 2.24) is 14.1 Å². The minimum absolute atomic E-state index is 0.0263. The van der Waals surface area contributed by atoms with Crippen molar-refractivity contribution in [2.75, 3.05) is 18.4 Å². The second-order valence-electron chi connectivity index (χ2n) is 7.08. The molecule has 33 heavy (non-hydrogen) atoms. The summed E-state index contributed by atoms with van der Waals surface area (Å²) in [5, 5.41) is 7.31. The summed E-state index contributed by atoms with van der Waals surface area (Å²) in [6.07, 6.45) is 0. The van der Waals surface area contributed by atoms with Crippen LogP contribution in [0.25, 0.3) is 5.69 Å². The van der Waals surface area contributed by atoms with Gasteiger partial charge in [0.15, 0.2) is 5.69 Å². The topological polar surface area (TPSA) is 101 Å². The van der Waals surface area contributed by atoms with E-state index in [1.54, 1.807) is 45.0 Å². The van der Waals surface area contributed by atoms with Crippen molar-refractivity contribution in [1.29, 1.82) is 0 Å². The lowest BCUT2D eigenvalue weighted by Gasteiger charge is -2.19. The molecule has 0 aliphatic rings. The van der Waals surface area contributed by atoms with Crippen molar-refractivity contribution in [3.8, 4) is 5.69 Å². The average Bonchev–Trinajstić information content (AvgIpc) is 2.76. The molecule has 0 saturated heterocycles. The maximum Gasteiger partial charge on any atom is 0.280 e. The number of anilines is 1. The molecule has 174 valence electrons. The van der Waals surface area contributed by atoms with Crippen LogP contribution in [0.3, 0.4) is 0 Å². The van der Waals surface area contributed by atoms with Gasteiger partial charge in [-0.2, -0.15) is 9.40 Å². The van der Waals surface area contributed by atoms with Gasteiger partial charge in [-0.05, 0) is 49.4 Å². The highest BCUT2D eigenvalue weighted by Crippen LogP contribution is 2.28. The van der Waals surface area contributed by atoms with Gasteiger partial charge in [0, 0.05) is 35.6 Å². The van der Waals surface area contributed by atoms with Crippen LogP contribution >= 0.6 is 23.2 Å². The number of hydrogen-bond donors (Lipinski definition) is 1. The molecule has 0 radical (unpaired) electrons. The van der Waals surface area contributed by atoms with Gasteiger partial charge in [-0.3, -0.25) is 9.59 Å². The van der Waals surface area contributed by atoms with Gasteiger partial charge in [-0.15, -0.1) is 0 Å². The second kappa shape index (κ2) is 10.0. The molecule has 11 heteroatoms. The molecule has 8 nitrogen and oxygen atoms in total. The molecule has 3 rings (SSSR count). The molecule has 0 fully saturated rings. The Hall–Kier alpha value is -2.72. The van der Waals surface area contributed by atoms with Gasteiger partial charge in [0.05, 0.1) is 10.7 Å². The van der Waals surface area contributed by atoms with E-state index in [0.29, 0.717) is 16.4 Å². The molecule has 0 saturated carbocycles. The Kier molecular flexibility index (Phi) is 7.58. The van der Waals surface area contributed by atoms with E-state index in [2.05, 4.69) is 10.4 Å². The van der Waals surface area contributed by atoms with Gasteiger partial charge in [-0.25, -0.2) is 13.1 Å². The zero-order chi connectivity index (χ0) is 24.3. The number of carbonyl (C=O) groups is 1. The summed E-state index contributed by atoms with van der Waals surface area (Å²) < 4.78 is 28.5. The first kappa shape index (κ1) is 24.9. The Morgan fingerprint density at radius 2 is 1.70 bits per heavy atom. The van der Waals surface area contributed by atoms with Crippen molar-refractivity contribution < 1.29 is 13.2 Å². The van der Waals surface area contributed by atoms with Crippen molar-refractivity contribution in [3.63, 3.8) is 0 Å². The first-order valence-corrected chi connectivity index (χ1v) is 12.3. The largest absolute Gasteiger partial charge is 0.320 e. The average molecular weight is 509 g/mol. The van der Waals surface area contributed by atoms with Crippen LogP contribution in [0.4, 0.5) is 5.69 Å². The lowest BCUT2D eigenvalue weighted by Crippen LogP contribution is -2.31. The van der Waals surface area contributed by atoms with Crippen molar-refractivity contribution in [2.45, 2.75) is 25.7 Å². The van der Waals surface area contributed by atoms with Gasteiger partial charge in [-0.1, -0.05) is 37.0 Å². The summed E-state index contributed by atoms with van der Waals surface area (Å²) in [4.78, 5) is 25.2. The van der Waals surface area contributed by atoms with Crippen LogP contribution in [0.2, 0.25) is 10.0 Å². The Morgan fingerprint density at radius 3 is 2.30 bits per heavy atom. The summed E-state index contributed by atoms with van der Waals surface area (Å²) >= 11 is 12.1. The quantitative estimate of drug-likeness (QED) is 0.516. The van der Waals surface area contributed by atoms with E-state index in [0.717, 1.165) is 0 Å². The minimum atomic E-state index is -3.86. The third kappa shape index (κ3) is 5.27. The molecule has 0 spiro atoms. The van der Waals surface area contributed by atoms with E-state index in [9.17, 15) is 18.0 Å². The maximum atomic E-state index is 12.9. The molecular weight excluding hydrogens is 487 g/mol. The molecule has 3 aromatic rings. The van der Waals surface area contributed by atoms with E-state index < -0.39 is 21.4 Å². The number of aryl methyl sites for hydroxylation is 1. The van der Waals surface area contributed by atoms with Crippen LogP contribution in [0.15, 0.2) is 58.2 Å². The molecule has 1 heterocycles. The zero-order valence-electron chi connectivity index (χ0n) is 18.2. The van der Waals surface area contributed by atoms with E-state index in [1.807, 2.05) is 0 Å². The molecular formula is C22H22Cl2N4O4S. The number of rotatable bonds is 7. The molecule has 1 N–H and O–H groups in total. The van der Waals surface area contributed by atoms with E-state index in [-0.39, 0.29) is 34.4 Å². The van der Waals surface area contributed by atoms with Crippen LogP contribution in [0.5, 0.6) is 0 Å². The summed E-state index contributed by atoms with van der Waals surface area (Å²) in [5.41, 5.74) is 0.386. The fraction of sp³-hybridized carbons (Fsp3) is 0.227. The van der Waals surface area contributed by atoms with Crippen LogP contribution in [-0.4, -0.2) is 41.5 Å². The Morgan fingerprint density at radius 1 is 1.06 bits per heavy atom. The summed E-state index contributed by atoms with van der Waals surface area (Å²) in [5.74, 6) is -0.781. The molecule has 0 atom stereocenters. The number of benzene rings is 2. The number of halogens is 2. The first-order chi connectivity index (χ1) is 15.6. The number of hydrogen-bond acceptors (Lipinski definition) is 5. The standard InChI is InChI=1S/C22H22Cl2N4O4S/c1-4-27(5-2)33(31,32)20-13-16(8-11-18(20)24)25-22(30)21-19(29)12-14(3)28(26-21)17-9-6-15(23)7-10-17/h6-13H,4-5H2,1-3H3,(H,25,30). The highest BCUT2D eigenvalue weighted by Gasteiger charge is 2.25. The lowest BCUT2D eigenvalue weighted by molar-refractivity contribution is 0.101. The Bertz CT molecular complexity index is 1350. The highest BCUT2D eigenvalue weighted by atomic mass is 35.5. The third-order valence-electron chi connectivity index (χ3n) is 4.91. The summed E-state index contributed by atoms with van der Waals surface area (Å²) in [7, 11) is -3.86. The number of aromatic nitrogens is 2. The fourth-order valence-corrected chi connectivity index (χ4v) is 5.30. The van der Waals surface area contributed by atoms with Crippen LogP contribution in [0.1, 0.15) is 30.0 Å². The number of amides is 1. The molecule has 1 aromatic heterocycles. The van der Waals surface area contributed by atoms with Gasteiger partial charge in [0.2, 0.25) is 15.5 Å². The van der Waals surface area contributed by atoms with E-state index in [4.69, 9.17) is 23.2 Å². The first-order valence-electron chi connectivity index (χ1n) is 10.1. The summed E-state index contributed by atoms with van der Waals surface area (Å²) in [6.45, 7) is 5.66. The number of nitrogens with zero attached hydrogens (tertiary/aromatic N) is 3.